The van der Waals surface area contributed by atoms with Crippen LogP contribution < -0.4 is 5.69 Å². The van der Waals surface area contributed by atoms with Gasteiger partial charge in [-0.25, -0.2) is 4.79 Å². The fraction of sp³-hybridized carbons (Fsp3) is 0.684. The van der Waals surface area contributed by atoms with E-state index < -0.39 is 5.69 Å². The monoisotopic (exact) mass is 350 g/mol. The van der Waals surface area contributed by atoms with Crippen molar-refractivity contribution in [3.05, 3.63) is 28.5 Å². The van der Waals surface area contributed by atoms with Crippen molar-refractivity contribution in [1.82, 2.24) is 9.55 Å². The van der Waals surface area contributed by atoms with Gasteiger partial charge in [0.15, 0.2) is 0 Å². The molecule has 0 aliphatic heterocycles. The van der Waals surface area contributed by atoms with Crippen molar-refractivity contribution in [2.75, 3.05) is 13.2 Å². The molecule has 0 spiro atoms. The van der Waals surface area contributed by atoms with E-state index in [9.17, 15) is 4.79 Å². The molecule has 0 bridgehead atoms. The third-order valence-electron chi connectivity index (χ3n) is 4.27. The van der Waals surface area contributed by atoms with Crippen molar-refractivity contribution in [1.29, 1.82) is 0 Å². The lowest BCUT2D eigenvalue weighted by molar-refractivity contribution is 0.0460. The minimum absolute atomic E-state index is 0.0705. The zero-order valence-corrected chi connectivity index (χ0v) is 15.2. The van der Waals surface area contributed by atoms with Crippen LogP contribution in [0.25, 0.3) is 11.1 Å². The highest BCUT2D eigenvalue weighted by Crippen LogP contribution is 2.18. The summed E-state index contributed by atoms with van der Waals surface area (Å²) in [7, 11) is 0. The second kappa shape index (κ2) is 11.1. The van der Waals surface area contributed by atoms with Gasteiger partial charge in [0.25, 0.3) is 0 Å². The molecule has 0 saturated heterocycles. The Kier molecular flexibility index (Phi) is 8.69. The molecular weight excluding hydrogens is 320 g/mol. The fourth-order valence-electron chi connectivity index (χ4n) is 2.88. The molecule has 2 aromatic heterocycles. The molecule has 0 unspecified atom stereocenters. The summed E-state index contributed by atoms with van der Waals surface area (Å²) in [5.41, 5.74) is -0.0172. The largest absolute Gasteiger partial charge is 0.443 e. The summed E-state index contributed by atoms with van der Waals surface area (Å²) in [5, 5.41) is 9.53. The van der Waals surface area contributed by atoms with Gasteiger partial charge in [-0.3, -0.25) is 4.57 Å². The molecule has 0 aliphatic rings. The second-order valence-corrected chi connectivity index (χ2v) is 6.45. The molecule has 2 heterocycles. The first kappa shape index (κ1) is 19.7. The molecule has 0 saturated carbocycles. The van der Waals surface area contributed by atoms with E-state index in [1.165, 1.54) is 49.5 Å². The normalized spacial score (nSPS) is 11.4. The van der Waals surface area contributed by atoms with Gasteiger partial charge in [-0.2, -0.15) is 4.98 Å². The lowest BCUT2D eigenvalue weighted by Crippen LogP contribution is -2.23. The van der Waals surface area contributed by atoms with Crippen molar-refractivity contribution >= 4 is 11.1 Å². The first-order chi connectivity index (χ1) is 12.2. The number of ether oxygens (including phenoxy) is 1. The van der Waals surface area contributed by atoms with Crippen LogP contribution in [0.5, 0.6) is 0 Å². The number of rotatable bonds is 13. The highest BCUT2D eigenvalue weighted by Gasteiger charge is 2.08. The molecule has 2 aromatic rings. The molecule has 6 nitrogen and oxygen atoms in total. The number of fused-ring (bicyclic) bond motifs is 1. The SMILES string of the molecule is CCCCCCCCCCc1cc2cn(COCCO)c(=O)nc2o1. The van der Waals surface area contributed by atoms with Gasteiger partial charge in [0, 0.05) is 12.6 Å². The zero-order chi connectivity index (χ0) is 17.9. The van der Waals surface area contributed by atoms with Gasteiger partial charge in [0.05, 0.1) is 18.6 Å². The van der Waals surface area contributed by atoms with Gasteiger partial charge >= 0.3 is 5.69 Å². The van der Waals surface area contributed by atoms with E-state index in [1.54, 1.807) is 6.20 Å². The molecule has 2 rings (SSSR count). The Morgan fingerprint density at radius 3 is 2.60 bits per heavy atom. The van der Waals surface area contributed by atoms with Gasteiger partial charge < -0.3 is 14.3 Å². The predicted octanol–water partition coefficient (Wildman–Crippen LogP) is 3.64. The van der Waals surface area contributed by atoms with E-state index in [0.29, 0.717) is 5.71 Å². The first-order valence-corrected chi connectivity index (χ1v) is 9.43. The highest BCUT2D eigenvalue weighted by atomic mass is 16.5. The average Bonchev–Trinajstić information content (AvgIpc) is 2.99. The van der Waals surface area contributed by atoms with Gasteiger partial charge in [0.1, 0.15) is 12.5 Å². The van der Waals surface area contributed by atoms with Crippen molar-refractivity contribution in [2.45, 2.75) is 71.4 Å². The molecule has 0 amide bonds. The Labute approximate surface area is 148 Å². The van der Waals surface area contributed by atoms with Crippen LogP contribution >= 0.6 is 0 Å². The fourth-order valence-corrected chi connectivity index (χ4v) is 2.88. The van der Waals surface area contributed by atoms with E-state index >= 15 is 0 Å². The van der Waals surface area contributed by atoms with Crippen LogP contribution in [0.2, 0.25) is 0 Å². The third-order valence-corrected chi connectivity index (χ3v) is 4.27. The van der Waals surface area contributed by atoms with Crippen LogP contribution in [-0.4, -0.2) is 27.9 Å². The summed E-state index contributed by atoms with van der Waals surface area (Å²) in [5.74, 6) is 0.877. The number of aryl methyl sites for hydroxylation is 1. The Hall–Kier alpha value is -1.66. The third kappa shape index (κ3) is 6.63. The number of hydrogen-bond donors (Lipinski definition) is 1. The molecule has 0 fully saturated rings. The zero-order valence-electron chi connectivity index (χ0n) is 15.2. The molecule has 6 heteroatoms. The molecule has 1 N–H and O–H groups in total. The number of nitrogens with zero attached hydrogens (tertiary/aromatic N) is 2. The van der Waals surface area contributed by atoms with Gasteiger partial charge in [-0.05, 0) is 12.5 Å². The minimum atomic E-state index is -0.404. The van der Waals surface area contributed by atoms with Crippen LogP contribution in [0, 0.1) is 0 Å². The molecule has 0 aromatic carbocycles. The maximum Gasteiger partial charge on any atom is 0.352 e. The number of hydrogen-bond acceptors (Lipinski definition) is 5. The number of aromatic nitrogens is 2. The number of furan rings is 1. The van der Waals surface area contributed by atoms with E-state index in [1.807, 2.05) is 6.07 Å². The first-order valence-electron chi connectivity index (χ1n) is 9.43. The lowest BCUT2D eigenvalue weighted by Gasteiger charge is -2.04. The Bertz CT molecular complexity index is 678. The van der Waals surface area contributed by atoms with Gasteiger partial charge in [0.2, 0.25) is 5.71 Å². The van der Waals surface area contributed by atoms with E-state index in [4.69, 9.17) is 14.3 Å². The number of aliphatic hydroxyl groups is 1. The summed E-state index contributed by atoms with van der Waals surface area (Å²) in [6, 6.07) is 1.95. The maximum atomic E-state index is 11.9. The quantitative estimate of drug-likeness (QED) is 0.558. The molecule has 140 valence electrons. The number of aliphatic hydroxyl groups excluding tert-OH is 1. The summed E-state index contributed by atoms with van der Waals surface area (Å²) in [4.78, 5) is 15.9. The summed E-state index contributed by atoms with van der Waals surface area (Å²) in [6.07, 6.45) is 12.8. The average molecular weight is 350 g/mol. The van der Waals surface area contributed by atoms with E-state index in [2.05, 4.69) is 11.9 Å². The van der Waals surface area contributed by atoms with Crippen LogP contribution in [-0.2, 0) is 17.9 Å². The van der Waals surface area contributed by atoms with Crippen molar-refractivity contribution in [2.24, 2.45) is 0 Å². The van der Waals surface area contributed by atoms with E-state index in [-0.39, 0.29) is 19.9 Å². The molecule has 25 heavy (non-hydrogen) atoms. The van der Waals surface area contributed by atoms with Crippen LogP contribution in [0.1, 0.15) is 64.1 Å². The lowest BCUT2D eigenvalue weighted by atomic mass is 10.1. The number of unbranched alkanes of at least 4 members (excludes halogenated alkanes) is 7. The summed E-state index contributed by atoms with van der Waals surface area (Å²) in [6.45, 7) is 2.45. The summed E-state index contributed by atoms with van der Waals surface area (Å²) < 4.78 is 12.2. The standard InChI is InChI=1S/C19H30N2O4/c1-2-3-4-5-6-7-8-9-10-17-13-16-14-21(15-24-12-11-22)19(23)20-18(16)25-17/h13-14,22H,2-12,15H2,1H3. The topological polar surface area (TPSA) is 77.5 Å². The van der Waals surface area contributed by atoms with Crippen LogP contribution in [0.4, 0.5) is 0 Å². The van der Waals surface area contributed by atoms with E-state index in [0.717, 1.165) is 24.0 Å². The highest BCUT2D eigenvalue weighted by molar-refractivity contribution is 5.72. The predicted molar refractivity (Wildman–Crippen MR) is 97.6 cm³/mol. The Balaban J connectivity index is 1.79. The van der Waals surface area contributed by atoms with Crippen LogP contribution in [0.3, 0.4) is 0 Å². The van der Waals surface area contributed by atoms with Crippen molar-refractivity contribution in [3.8, 4) is 0 Å². The van der Waals surface area contributed by atoms with Crippen molar-refractivity contribution < 1.29 is 14.3 Å². The molecule has 0 aliphatic carbocycles. The molecular formula is C19H30N2O4. The van der Waals surface area contributed by atoms with Gasteiger partial charge in [-0.15, -0.1) is 0 Å². The Morgan fingerprint density at radius 2 is 1.88 bits per heavy atom. The van der Waals surface area contributed by atoms with Gasteiger partial charge in [-0.1, -0.05) is 51.9 Å². The van der Waals surface area contributed by atoms with Crippen LogP contribution in [0.15, 0.2) is 21.5 Å². The molecule has 0 atom stereocenters. The summed E-state index contributed by atoms with van der Waals surface area (Å²) >= 11 is 0. The second-order valence-electron chi connectivity index (χ2n) is 6.45. The molecule has 0 radical (unpaired) electrons. The minimum Gasteiger partial charge on any atom is -0.443 e. The van der Waals surface area contributed by atoms with Crippen molar-refractivity contribution in [3.63, 3.8) is 0 Å². The maximum absolute atomic E-state index is 11.9. The Morgan fingerprint density at radius 1 is 1.16 bits per heavy atom. The smallest absolute Gasteiger partial charge is 0.352 e.